The van der Waals surface area contributed by atoms with Crippen LogP contribution < -0.4 is 21.9 Å². The van der Waals surface area contributed by atoms with Crippen molar-refractivity contribution in [1.29, 1.82) is 0 Å². The number of carbonyl (C=O) groups is 2. The Hall–Kier alpha value is -3.72. The number of nitrogens with one attached hydrogen (secondary N) is 3. The summed E-state index contributed by atoms with van der Waals surface area (Å²) in [5, 5.41) is 5.82. The van der Waals surface area contributed by atoms with E-state index in [1.807, 2.05) is 0 Å². The second kappa shape index (κ2) is 8.34. The van der Waals surface area contributed by atoms with E-state index in [2.05, 4.69) is 15.6 Å². The Morgan fingerprint density at radius 3 is 2.43 bits per heavy atom. The van der Waals surface area contributed by atoms with Crippen LogP contribution in [0.4, 0.5) is 11.4 Å². The van der Waals surface area contributed by atoms with Gasteiger partial charge in [0, 0.05) is 18.0 Å². The van der Waals surface area contributed by atoms with Gasteiger partial charge in [-0.1, -0.05) is 12.1 Å². The van der Waals surface area contributed by atoms with Crippen molar-refractivity contribution >= 4 is 34.1 Å². The van der Waals surface area contributed by atoms with E-state index in [0.29, 0.717) is 35.3 Å². The third kappa shape index (κ3) is 4.15. The van der Waals surface area contributed by atoms with Crippen LogP contribution in [0.1, 0.15) is 12.8 Å². The lowest BCUT2D eigenvalue weighted by atomic mass is 10.2. The lowest BCUT2D eigenvalue weighted by Gasteiger charge is -2.12. The summed E-state index contributed by atoms with van der Waals surface area (Å²) in [6.45, 7) is 0.338. The molecule has 0 saturated carbocycles. The van der Waals surface area contributed by atoms with E-state index < -0.39 is 23.3 Å². The predicted molar refractivity (Wildman–Crippen MR) is 112 cm³/mol. The maximum atomic E-state index is 12.5. The van der Waals surface area contributed by atoms with Gasteiger partial charge in [0.05, 0.1) is 10.9 Å². The molecule has 1 aliphatic heterocycles. The first-order valence-electron chi connectivity index (χ1n) is 9.55. The molecule has 1 fully saturated rings. The maximum absolute atomic E-state index is 12.5. The van der Waals surface area contributed by atoms with Crippen LogP contribution in [0.5, 0.6) is 0 Å². The fourth-order valence-electron chi connectivity index (χ4n) is 3.39. The van der Waals surface area contributed by atoms with Crippen molar-refractivity contribution in [3.05, 3.63) is 69.4 Å². The maximum Gasteiger partial charge on any atom is 0.329 e. The Balaban J connectivity index is 1.43. The molecule has 1 aliphatic rings. The number of fused-ring (bicyclic) bond motifs is 1. The molecule has 1 atom stereocenters. The molecular weight excluding hydrogens is 388 g/mol. The van der Waals surface area contributed by atoms with Gasteiger partial charge in [0.1, 0.15) is 12.6 Å². The van der Waals surface area contributed by atoms with Crippen LogP contribution >= 0.6 is 0 Å². The minimum Gasteiger partial charge on any atom is -0.368 e. The third-order valence-electron chi connectivity index (χ3n) is 4.87. The van der Waals surface area contributed by atoms with Crippen molar-refractivity contribution in [3.63, 3.8) is 0 Å². The number of aromatic nitrogens is 2. The topological polar surface area (TPSA) is 122 Å². The van der Waals surface area contributed by atoms with E-state index in [1.165, 1.54) is 4.57 Å². The molecule has 0 spiro atoms. The Morgan fingerprint density at radius 1 is 1.03 bits per heavy atom. The van der Waals surface area contributed by atoms with Gasteiger partial charge >= 0.3 is 5.69 Å². The lowest BCUT2D eigenvalue weighted by molar-refractivity contribution is -0.124. The number of para-hydroxylation sites is 1. The Morgan fingerprint density at radius 2 is 1.73 bits per heavy atom. The van der Waals surface area contributed by atoms with Crippen molar-refractivity contribution in [1.82, 2.24) is 9.55 Å². The number of nitrogens with zero attached hydrogens (tertiary/aromatic N) is 1. The van der Waals surface area contributed by atoms with Gasteiger partial charge in [-0.25, -0.2) is 4.79 Å². The molecule has 2 amide bonds. The number of benzene rings is 2. The molecule has 4 rings (SSSR count). The summed E-state index contributed by atoms with van der Waals surface area (Å²) in [5.41, 5.74) is 0.343. The first kappa shape index (κ1) is 19.6. The van der Waals surface area contributed by atoms with E-state index in [9.17, 15) is 19.2 Å². The zero-order valence-electron chi connectivity index (χ0n) is 16.0. The molecule has 30 heavy (non-hydrogen) atoms. The molecule has 0 bridgehead atoms. The van der Waals surface area contributed by atoms with Gasteiger partial charge in [0.15, 0.2) is 0 Å². The van der Waals surface area contributed by atoms with Crippen LogP contribution in [0.2, 0.25) is 0 Å². The van der Waals surface area contributed by atoms with E-state index in [0.717, 1.165) is 6.42 Å². The number of H-pyrrole nitrogens is 1. The van der Waals surface area contributed by atoms with Crippen LogP contribution in [-0.2, 0) is 20.9 Å². The summed E-state index contributed by atoms with van der Waals surface area (Å²) in [6.07, 6.45) is 1.16. The molecule has 1 saturated heterocycles. The number of carbonyl (C=O) groups excluding carboxylic acids is 2. The molecule has 2 aromatic carbocycles. The fraction of sp³-hybridized carbons (Fsp3) is 0.238. The summed E-state index contributed by atoms with van der Waals surface area (Å²) in [6, 6.07) is 13.2. The summed E-state index contributed by atoms with van der Waals surface area (Å²) >= 11 is 0. The average Bonchev–Trinajstić information content (AvgIpc) is 3.28. The van der Waals surface area contributed by atoms with Gasteiger partial charge < -0.3 is 15.4 Å². The summed E-state index contributed by atoms with van der Waals surface area (Å²) in [7, 11) is 0. The second-order valence-corrected chi connectivity index (χ2v) is 6.98. The van der Waals surface area contributed by atoms with Crippen LogP contribution in [0.15, 0.2) is 58.1 Å². The Bertz CT molecular complexity index is 1210. The number of hydrogen-bond acceptors (Lipinski definition) is 5. The summed E-state index contributed by atoms with van der Waals surface area (Å²) in [4.78, 5) is 50.8. The third-order valence-corrected chi connectivity index (χ3v) is 4.87. The monoisotopic (exact) mass is 408 g/mol. The molecule has 154 valence electrons. The number of rotatable bonds is 5. The Labute approximate surface area is 170 Å². The number of anilines is 2. The second-order valence-electron chi connectivity index (χ2n) is 6.98. The molecule has 1 aromatic heterocycles. The standard InChI is InChI=1S/C21H20N4O5/c26-18(12-25-16-5-2-1-4-15(16)19(27)24-21(25)29)22-13-7-9-14(10-8-13)23-20(28)17-6-3-11-30-17/h1-2,4-5,7-10,17H,3,6,11-12H2,(H,22,26)(H,23,28)(H,24,27,29). The fourth-order valence-corrected chi connectivity index (χ4v) is 3.39. The molecule has 2 heterocycles. The zero-order valence-corrected chi connectivity index (χ0v) is 16.0. The van der Waals surface area contributed by atoms with Crippen molar-refractivity contribution in [2.75, 3.05) is 17.2 Å². The van der Waals surface area contributed by atoms with E-state index in [1.54, 1.807) is 48.5 Å². The van der Waals surface area contributed by atoms with Crippen molar-refractivity contribution in [2.45, 2.75) is 25.5 Å². The van der Waals surface area contributed by atoms with Gasteiger partial charge in [0.2, 0.25) is 5.91 Å². The smallest absolute Gasteiger partial charge is 0.329 e. The quantitative estimate of drug-likeness (QED) is 0.590. The van der Waals surface area contributed by atoms with Crippen molar-refractivity contribution in [2.24, 2.45) is 0 Å². The Kier molecular flexibility index (Phi) is 5.44. The minimum absolute atomic E-state index is 0.186. The van der Waals surface area contributed by atoms with Gasteiger partial charge in [0.25, 0.3) is 11.5 Å². The summed E-state index contributed by atoms with van der Waals surface area (Å²) < 4.78 is 6.56. The SMILES string of the molecule is O=C(Cn1c(=O)[nH]c(=O)c2ccccc21)Nc1ccc(NC(=O)C2CCCO2)cc1. The minimum atomic E-state index is -0.652. The van der Waals surface area contributed by atoms with E-state index >= 15 is 0 Å². The molecule has 3 N–H and O–H groups in total. The van der Waals surface area contributed by atoms with Gasteiger partial charge in [-0.3, -0.25) is 23.9 Å². The first-order valence-corrected chi connectivity index (χ1v) is 9.55. The number of aromatic amines is 1. The molecule has 0 radical (unpaired) electrons. The summed E-state index contributed by atoms with van der Waals surface area (Å²) in [5.74, 6) is -0.612. The normalized spacial score (nSPS) is 15.8. The lowest BCUT2D eigenvalue weighted by Crippen LogP contribution is -2.34. The molecule has 3 aromatic rings. The number of amides is 2. The number of ether oxygens (including phenoxy) is 1. The number of hydrogen-bond donors (Lipinski definition) is 3. The molecule has 0 aliphatic carbocycles. The van der Waals surface area contributed by atoms with Crippen molar-refractivity contribution < 1.29 is 14.3 Å². The molecule has 9 nitrogen and oxygen atoms in total. The largest absolute Gasteiger partial charge is 0.368 e. The van der Waals surface area contributed by atoms with Gasteiger partial charge in [-0.05, 0) is 49.2 Å². The molecular formula is C21H20N4O5. The van der Waals surface area contributed by atoms with Crippen LogP contribution in [0.3, 0.4) is 0 Å². The zero-order chi connectivity index (χ0) is 21.1. The highest BCUT2D eigenvalue weighted by molar-refractivity contribution is 5.95. The average molecular weight is 408 g/mol. The highest BCUT2D eigenvalue weighted by atomic mass is 16.5. The predicted octanol–water partition coefficient (Wildman–Crippen LogP) is 1.45. The van der Waals surface area contributed by atoms with Gasteiger partial charge in [-0.15, -0.1) is 0 Å². The van der Waals surface area contributed by atoms with E-state index in [4.69, 9.17) is 4.74 Å². The van der Waals surface area contributed by atoms with E-state index in [-0.39, 0.29) is 12.5 Å². The van der Waals surface area contributed by atoms with Crippen molar-refractivity contribution in [3.8, 4) is 0 Å². The molecule has 1 unspecified atom stereocenters. The van der Waals surface area contributed by atoms with Crippen LogP contribution in [0.25, 0.3) is 10.9 Å². The van der Waals surface area contributed by atoms with Crippen LogP contribution in [-0.4, -0.2) is 34.1 Å². The van der Waals surface area contributed by atoms with Gasteiger partial charge in [-0.2, -0.15) is 0 Å². The highest BCUT2D eigenvalue weighted by Gasteiger charge is 2.23. The van der Waals surface area contributed by atoms with Crippen LogP contribution in [0, 0.1) is 0 Å². The highest BCUT2D eigenvalue weighted by Crippen LogP contribution is 2.17. The first-order chi connectivity index (χ1) is 14.5. The molecule has 9 heteroatoms.